The van der Waals surface area contributed by atoms with Crippen molar-refractivity contribution in [2.24, 2.45) is 0 Å². The average molecular weight is 162 g/mol. The fourth-order valence-corrected chi connectivity index (χ4v) is 1.11. The highest BCUT2D eigenvalue weighted by Crippen LogP contribution is 2.08. The van der Waals surface area contributed by atoms with E-state index < -0.39 is 0 Å². The van der Waals surface area contributed by atoms with Crippen molar-refractivity contribution in [1.29, 1.82) is 0 Å². The monoisotopic (exact) mass is 162 g/mol. The number of rotatable bonds is 3. The molecule has 1 rings (SSSR count). The summed E-state index contributed by atoms with van der Waals surface area (Å²) in [4.78, 5) is 4.39. The molecule has 1 aromatic heterocycles. The highest BCUT2D eigenvalue weighted by atomic mass is 14.7. The Labute approximate surface area is 73.1 Å². The van der Waals surface area contributed by atoms with Gasteiger partial charge in [0.05, 0.1) is 0 Å². The lowest BCUT2D eigenvalue weighted by molar-refractivity contribution is 0.985. The van der Waals surface area contributed by atoms with E-state index in [1.165, 1.54) is 0 Å². The zero-order valence-electron chi connectivity index (χ0n) is 7.38. The van der Waals surface area contributed by atoms with Crippen molar-refractivity contribution in [2.75, 3.05) is 5.73 Å². The minimum Gasteiger partial charge on any atom is -0.399 e. The van der Waals surface area contributed by atoms with E-state index in [1.54, 1.807) is 0 Å². The molecule has 2 nitrogen and oxygen atoms in total. The zero-order valence-corrected chi connectivity index (χ0v) is 7.38. The van der Waals surface area contributed by atoms with Crippen molar-refractivity contribution in [2.45, 2.75) is 19.8 Å². The summed E-state index contributed by atoms with van der Waals surface area (Å²) in [6, 6.07) is 3.80. The molecule has 0 aromatic carbocycles. The van der Waals surface area contributed by atoms with E-state index in [1.807, 2.05) is 18.2 Å². The van der Waals surface area contributed by atoms with Gasteiger partial charge in [-0.25, -0.2) is 0 Å². The molecular weight excluding hydrogens is 148 g/mol. The van der Waals surface area contributed by atoms with Gasteiger partial charge in [-0.1, -0.05) is 13.0 Å². The van der Waals surface area contributed by atoms with E-state index in [0.717, 1.165) is 29.9 Å². The Morgan fingerprint density at radius 1 is 1.50 bits per heavy atom. The molecule has 0 saturated heterocycles. The number of nitrogens with zero attached hydrogens (tertiary/aromatic N) is 1. The molecule has 0 spiro atoms. The Balaban J connectivity index is 2.97. The maximum absolute atomic E-state index is 5.69. The molecule has 0 aliphatic rings. The van der Waals surface area contributed by atoms with Gasteiger partial charge in [-0.15, -0.1) is 6.58 Å². The minimum atomic E-state index is 0.790. The predicted molar refractivity (Wildman–Crippen MR) is 51.9 cm³/mol. The molecule has 1 heterocycles. The Morgan fingerprint density at radius 3 is 2.75 bits per heavy atom. The molecule has 1 aromatic rings. The summed E-state index contributed by atoms with van der Waals surface area (Å²) in [7, 11) is 0. The lowest BCUT2D eigenvalue weighted by Crippen LogP contribution is -1.96. The smallest absolute Gasteiger partial charge is 0.0464 e. The van der Waals surface area contributed by atoms with Crippen LogP contribution >= 0.6 is 0 Å². The summed E-state index contributed by atoms with van der Waals surface area (Å²) in [5.74, 6) is 0. The topological polar surface area (TPSA) is 38.9 Å². The van der Waals surface area contributed by atoms with Gasteiger partial charge in [-0.2, -0.15) is 0 Å². The molecule has 0 radical (unpaired) electrons. The first kappa shape index (κ1) is 8.78. The molecule has 0 saturated carbocycles. The number of aromatic nitrogens is 1. The van der Waals surface area contributed by atoms with Crippen molar-refractivity contribution in [3.8, 4) is 0 Å². The summed E-state index contributed by atoms with van der Waals surface area (Å²) in [5, 5.41) is 0. The molecule has 0 aliphatic carbocycles. The number of allylic oxidation sites excluding steroid dienone is 1. The number of aryl methyl sites for hydroxylation is 1. The van der Waals surface area contributed by atoms with Gasteiger partial charge < -0.3 is 5.73 Å². The van der Waals surface area contributed by atoms with Gasteiger partial charge in [-0.3, -0.25) is 4.98 Å². The molecule has 2 heteroatoms. The number of hydrogen-bond donors (Lipinski definition) is 1. The first-order chi connectivity index (χ1) is 5.76. The number of nitrogen functional groups attached to an aromatic ring is 1. The summed E-state index contributed by atoms with van der Waals surface area (Å²) >= 11 is 0. The SMILES string of the molecule is C=CCc1cc(N)cc(CC)n1. The molecule has 64 valence electrons. The standard InChI is InChI=1S/C10H14N2/c1-3-5-10-7-8(11)6-9(4-2)12-10/h3,6-7H,1,4-5H2,2H3,(H2,11,12). The van der Waals surface area contributed by atoms with Crippen LogP contribution in [0.3, 0.4) is 0 Å². The maximum atomic E-state index is 5.69. The van der Waals surface area contributed by atoms with Gasteiger partial charge >= 0.3 is 0 Å². The van der Waals surface area contributed by atoms with Crippen molar-refractivity contribution < 1.29 is 0 Å². The van der Waals surface area contributed by atoms with Crippen LogP contribution in [0.15, 0.2) is 24.8 Å². The molecule has 12 heavy (non-hydrogen) atoms. The van der Waals surface area contributed by atoms with Gasteiger partial charge in [0.15, 0.2) is 0 Å². The first-order valence-corrected chi connectivity index (χ1v) is 4.12. The lowest BCUT2D eigenvalue weighted by atomic mass is 10.2. The van der Waals surface area contributed by atoms with E-state index >= 15 is 0 Å². The van der Waals surface area contributed by atoms with Gasteiger partial charge in [0, 0.05) is 23.5 Å². The van der Waals surface area contributed by atoms with Crippen molar-refractivity contribution in [1.82, 2.24) is 4.98 Å². The maximum Gasteiger partial charge on any atom is 0.0464 e. The minimum absolute atomic E-state index is 0.790. The normalized spacial score (nSPS) is 9.75. The Bertz CT molecular complexity index is 279. The van der Waals surface area contributed by atoms with Crippen molar-refractivity contribution >= 4 is 5.69 Å². The number of hydrogen-bond acceptors (Lipinski definition) is 2. The second-order valence-electron chi connectivity index (χ2n) is 2.73. The quantitative estimate of drug-likeness (QED) is 0.690. The van der Waals surface area contributed by atoms with Crippen molar-refractivity contribution in [3.05, 3.63) is 36.2 Å². The highest BCUT2D eigenvalue weighted by Gasteiger charge is 1.97. The summed E-state index contributed by atoms with van der Waals surface area (Å²) in [5.41, 5.74) is 8.53. The van der Waals surface area contributed by atoms with E-state index in [0.29, 0.717) is 0 Å². The van der Waals surface area contributed by atoms with Crippen LogP contribution in [-0.4, -0.2) is 4.98 Å². The fraction of sp³-hybridized carbons (Fsp3) is 0.300. The molecule has 0 amide bonds. The molecular formula is C10H14N2. The zero-order chi connectivity index (χ0) is 8.97. The largest absolute Gasteiger partial charge is 0.399 e. The first-order valence-electron chi connectivity index (χ1n) is 4.12. The van der Waals surface area contributed by atoms with Crippen LogP contribution in [0.5, 0.6) is 0 Å². The van der Waals surface area contributed by atoms with E-state index in [-0.39, 0.29) is 0 Å². The van der Waals surface area contributed by atoms with Gasteiger partial charge in [0.2, 0.25) is 0 Å². The summed E-state index contributed by atoms with van der Waals surface area (Å²) in [6.45, 7) is 5.73. The van der Waals surface area contributed by atoms with Crippen LogP contribution in [0, 0.1) is 0 Å². The summed E-state index contributed by atoms with van der Waals surface area (Å²) in [6.07, 6.45) is 3.55. The van der Waals surface area contributed by atoms with Crippen LogP contribution in [0.4, 0.5) is 5.69 Å². The number of nitrogens with two attached hydrogens (primary N) is 1. The van der Waals surface area contributed by atoms with Gasteiger partial charge in [-0.05, 0) is 18.6 Å². The number of pyridine rings is 1. The third-order valence-electron chi connectivity index (χ3n) is 1.67. The van der Waals surface area contributed by atoms with Crippen LogP contribution in [-0.2, 0) is 12.8 Å². The predicted octanol–water partition coefficient (Wildman–Crippen LogP) is 1.95. The van der Waals surface area contributed by atoms with E-state index in [9.17, 15) is 0 Å². The van der Waals surface area contributed by atoms with Crippen molar-refractivity contribution in [3.63, 3.8) is 0 Å². The second kappa shape index (κ2) is 3.90. The lowest BCUT2D eigenvalue weighted by Gasteiger charge is -2.02. The molecule has 0 bridgehead atoms. The Hall–Kier alpha value is -1.31. The fourth-order valence-electron chi connectivity index (χ4n) is 1.11. The van der Waals surface area contributed by atoms with Crippen LogP contribution in [0.2, 0.25) is 0 Å². The third-order valence-corrected chi connectivity index (χ3v) is 1.67. The second-order valence-corrected chi connectivity index (χ2v) is 2.73. The van der Waals surface area contributed by atoms with Gasteiger partial charge in [0.25, 0.3) is 0 Å². The molecule has 0 aliphatic heterocycles. The van der Waals surface area contributed by atoms with Crippen LogP contribution in [0.25, 0.3) is 0 Å². The molecule has 2 N–H and O–H groups in total. The van der Waals surface area contributed by atoms with Crippen LogP contribution < -0.4 is 5.73 Å². The molecule has 0 unspecified atom stereocenters. The third kappa shape index (κ3) is 2.09. The molecule has 0 atom stereocenters. The molecule has 0 fully saturated rings. The van der Waals surface area contributed by atoms with E-state index in [2.05, 4.69) is 18.5 Å². The van der Waals surface area contributed by atoms with Gasteiger partial charge in [0.1, 0.15) is 0 Å². The highest BCUT2D eigenvalue weighted by molar-refractivity contribution is 5.40. The van der Waals surface area contributed by atoms with Crippen LogP contribution in [0.1, 0.15) is 18.3 Å². The Kier molecular flexibility index (Phi) is 2.86. The average Bonchev–Trinajstić information content (AvgIpc) is 2.04. The number of anilines is 1. The summed E-state index contributed by atoms with van der Waals surface area (Å²) < 4.78 is 0. The Morgan fingerprint density at radius 2 is 2.17 bits per heavy atom. The van der Waals surface area contributed by atoms with E-state index in [4.69, 9.17) is 5.73 Å².